The molecule has 2 aromatic rings. The summed E-state index contributed by atoms with van der Waals surface area (Å²) in [6.07, 6.45) is 0. The van der Waals surface area contributed by atoms with Crippen LogP contribution in [-0.2, 0) is 27.7 Å². The molecule has 0 spiro atoms. The van der Waals surface area contributed by atoms with Crippen LogP contribution in [0.15, 0.2) is 48.5 Å². The molecule has 162 valence electrons. The van der Waals surface area contributed by atoms with Crippen LogP contribution < -0.4 is 0 Å². The molecule has 1 aliphatic heterocycles. The van der Waals surface area contributed by atoms with Crippen LogP contribution >= 0.6 is 0 Å². The van der Waals surface area contributed by atoms with E-state index in [2.05, 4.69) is 49.9 Å². The van der Waals surface area contributed by atoms with Crippen molar-refractivity contribution in [2.75, 3.05) is 26.2 Å². The summed E-state index contributed by atoms with van der Waals surface area (Å²) in [6, 6.07) is 14.6. The van der Waals surface area contributed by atoms with E-state index in [0.717, 1.165) is 6.54 Å². The first-order valence-corrected chi connectivity index (χ1v) is 11.7. The summed E-state index contributed by atoms with van der Waals surface area (Å²) in [5, 5.41) is 11.2. The summed E-state index contributed by atoms with van der Waals surface area (Å²) in [4.78, 5) is 12.9. The van der Waals surface area contributed by atoms with Crippen LogP contribution in [0.25, 0.3) is 0 Å². The lowest BCUT2D eigenvalue weighted by Gasteiger charge is -2.34. The second-order valence-corrected chi connectivity index (χ2v) is 10.7. The Morgan fingerprint density at radius 1 is 0.967 bits per heavy atom. The number of benzene rings is 2. The minimum atomic E-state index is -3.61. The molecular weight excluding hydrogens is 402 g/mol. The fourth-order valence-electron chi connectivity index (χ4n) is 3.63. The van der Waals surface area contributed by atoms with Crippen LogP contribution in [0.5, 0.6) is 0 Å². The minimum Gasteiger partial charge on any atom is -0.296 e. The van der Waals surface area contributed by atoms with E-state index in [-0.39, 0.29) is 22.4 Å². The highest BCUT2D eigenvalue weighted by molar-refractivity contribution is 7.88. The van der Waals surface area contributed by atoms with Gasteiger partial charge in [0, 0.05) is 44.4 Å². The van der Waals surface area contributed by atoms with Crippen LogP contribution in [0.2, 0.25) is 0 Å². The Morgan fingerprint density at radius 3 is 2.13 bits per heavy atom. The van der Waals surface area contributed by atoms with Crippen molar-refractivity contribution in [3.8, 4) is 0 Å². The fourth-order valence-corrected chi connectivity index (χ4v) is 5.17. The van der Waals surface area contributed by atoms with Gasteiger partial charge in [-0.15, -0.1) is 0 Å². The number of piperazine rings is 1. The van der Waals surface area contributed by atoms with E-state index in [4.69, 9.17) is 0 Å². The molecule has 0 N–H and O–H groups in total. The zero-order chi connectivity index (χ0) is 21.9. The second kappa shape index (κ2) is 8.83. The van der Waals surface area contributed by atoms with E-state index < -0.39 is 14.9 Å². The van der Waals surface area contributed by atoms with E-state index in [1.165, 1.54) is 27.6 Å². The van der Waals surface area contributed by atoms with Crippen LogP contribution in [0.3, 0.4) is 0 Å². The van der Waals surface area contributed by atoms with Crippen molar-refractivity contribution >= 4 is 15.7 Å². The Balaban J connectivity index is 1.59. The molecule has 7 nitrogen and oxygen atoms in total. The molecule has 0 amide bonds. The predicted octanol–water partition coefficient (Wildman–Crippen LogP) is 3.54. The first-order chi connectivity index (χ1) is 14.1. The first kappa shape index (κ1) is 22.4. The summed E-state index contributed by atoms with van der Waals surface area (Å²) in [5.41, 5.74) is 2.69. The van der Waals surface area contributed by atoms with E-state index in [9.17, 15) is 18.5 Å². The Kier molecular flexibility index (Phi) is 6.59. The highest BCUT2D eigenvalue weighted by atomic mass is 32.2. The molecule has 0 saturated carbocycles. The molecular formula is C22H29N3O4S. The molecule has 1 aliphatic rings. The normalized spacial score (nSPS) is 16.5. The summed E-state index contributed by atoms with van der Waals surface area (Å²) in [5.74, 6) is -0.349. The zero-order valence-corrected chi connectivity index (χ0v) is 18.6. The predicted molar refractivity (Wildman–Crippen MR) is 118 cm³/mol. The van der Waals surface area contributed by atoms with Gasteiger partial charge in [0.2, 0.25) is 10.0 Å². The van der Waals surface area contributed by atoms with Gasteiger partial charge in [0.05, 0.1) is 10.7 Å². The van der Waals surface area contributed by atoms with E-state index >= 15 is 0 Å². The van der Waals surface area contributed by atoms with E-state index in [0.29, 0.717) is 26.2 Å². The second-order valence-electron chi connectivity index (χ2n) is 8.76. The van der Waals surface area contributed by atoms with Gasteiger partial charge in [0.15, 0.2) is 0 Å². The first-order valence-electron chi connectivity index (χ1n) is 10.1. The third kappa shape index (κ3) is 5.44. The van der Waals surface area contributed by atoms with Crippen molar-refractivity contribution in [3.05, 3.63) is 75.3 Å². The molecule has 8 heteroatoms. The third-order valence-electron chi connectivity index (χ3n) is 5.48. The molecule has 0 radical (unpaired) electrons. The van der Waals surface area contributed by atoms with Crippen LogP contribution in [-0.4, -0.2) is 48.7 Å². The zero-order valence-electron chi connectivity index (χ0n) is 17.7. The van der Waals surface area contributed by atoms with Gasteiger partial charge in [-0.2, -0.15) is 4.31 Å². The van der Waals surface area contributed by atoms with Crippen molar-refractivity contribution in [2.24, 2.45) is 0 Å². The molecule has 1 saturated heterocycles. The van der Waals surface area contributed by atoms with Crippen molar-refractivity contribution in [1.29, 1.82) is 0 Å². The van der Waals surface area contributed by atoms with Crippen molar-refractivity contribution in [3.63, 3.8) is 0 Å². The van der Waals surface area contributed by atoms with Gasteiger partial charge in [-0.05, 0) is 16.5 Å². The lowest BCUT2D eigenvalue weighted by atomic mass is 9.87. The summed E-state index contributed by atoms with van der Waals surface area (Å²) in [7, 11) is -3.61. The Hall–Kier alpha value is -2.29. The molecule has 0 aliphatic carbocycles. The molecule has 0 atom stereocenters. The van der Waals surface area contributed by atoms with E-state index in [1.807, 2.05) is 0 Å². The monoisotopic (exact) mass is 431 g/mol. The molecule has 30 heavy (non-hydrogen) atoms. The molecule has 0 bridgehead atoms. The lowest BCUT2D eigenvalue weighted by molar-refractivity contribution is -0.385. The topological polar surface area (TPSA) is 83.8 Å². The average Bonchev–Trinajstić information content (AvgIpc) is 2.68. The average molecular weight is 432 g/mol. The molecule has 3 rings (SSSR count). The van der Waals surface area contributed by atoms with Gasteiger partial charge >= 0.3 is 0 Å². The smallest absolute Gasteiger partial charge is 0.273 e. The molecule has 1 fully saturated rings. The Bertz CT molecular complexity index is 990. The lowest BCUT2D eigenvalue weighted by Crippen LogP contribution is -2.48. The number of hydrogen-bond acceptors (Lipinski definition) is 5. The maximum atomic E-state index is 12.8. The maximum absolute atomic E-state index is 12.8. The minimum absolute atomic E-state index is 0.117. The largest absolute Gasteiger partial charge is 0.296 e. The summed E-state index contributed by atoms with van der Waals surface area (Å²) < 4.78 is 27.1. The molecule has 0 unspecified atom stereocenters. The van der Waals surface area contributed by atoms with Gasteiger partial charge in [-0.25, -0.2) is 8.42 Å². The number of nitro benzene ring substituents is 1. The number of nitro groups is 1. The number of para-hydroxylation sites is 1. The molecule has 0 aromatic heterocycles. The SMILES string of the molecule is CC(C)(C)c1ccc(CN2CCN(S(=O)(=O)Cc3ccccc3[N+](=O)[O-])CC2)cc1. The van der Waals surface area contributed by atoms with Gasteiger partial charge in [-0.3, -0.25) is 15.0 Å². The van der Waals surface area contributed by atoms with Crippen molar-refractivity contribution in [1.82, 2.24) is 9.21 Å². The molecule has 1 heterocycles. The fraction of sp³-hybridized carbons (Fsp3) is 0.455. The number of nitrogens with zero attached hydrogens (tertiary/aromatic N) is 3. The number of rotatable bonds is 6. The number of hydrogen-bond donors (Lipinski definition) is 0. The maximum Gasteiger partial charge on any atom is 0.273 e. The quantitative estimate of drug-likeness (QED) is 0.516. The summed E-state index contributed by atoms with van der Waals surface area (Å²) >= 11 is 0. The standard InChI is InChI=1S/C22H29N3O4S/c1-22(2,3)20-10-8-18(9-11-20)16-23-12-14-24(15-13-23)30(28,29)17-19-6-4-5-7-21(19)25(26)27/h4-11H,12-17H2,1-3H3. The summed E-state index contributed by atoms with van der Waals surface area (Å²) in [6.45, 7) is 9.39. The van der Waals surface area contributed by atoms with Crippen LogP contribution in [0.4, 0.5) is 5.69 Å². The number of sulfonamides is 1. The van der Waals surface area contributed by atoms with Crippen molar-refractivity contribution in [2.45, 2.75) is 38.5 Å². The van der Waals surface area contributed by atoms with Crippen LogP contribution in [0.1, 0.15) is 37.5 Å². The highest BCUT2D eigenvalue weighted by Crippen LogP contribution is 2.24. The van der Waals surface area contributed by atoms with Gasteiger partial charge in [-0.1, -0.05) is 63.2 Å². The van der Waals surface area contributed by atoms with E-state index in [1.54, 1.807) is 12.1 Å². The van der Waals surface area contributed by atoms with Crippen LogP contribution in [0, 0.1) is 10.1 Å². The van der Waals surface area contributed by atoms with Gasteiger partial charge in [0.1, 0.15) is 0 Å². The Morgan fingerprint density at radius 2 is 1.57 bits per heavy atom. The Labute approximate surface area is 178 Å². The molecule has 2 aromatic carbocycles. The third-order valence-corrected chi connectivity index (χ3v) is 7.30. The highest BCUT2D eigenvalue weighted by Gasteiger charge is 2.29. The van der Waals surface area contributed by atoms with Crippen molar-refractivity contribution < 1.29 is 13.3 Å². The van der Waals surface area contributed by atoms with Gasteiger partial charge in [0.25, 0.3) is 5.69 Å². The van der Waals surface area contributed by atoms with Gasteiger partial charge < -0.3 is 0 Å².